The normalized spacial score (nSPS) is 10.6. The number of anilines is 1. The number of benzene rings is 2. The highest BCUT2D eigenvalue weighted by atomic mass is 16.6. The first-order chi connectivity index (χ1) is 10.5. The van der Waals surface area contributed by atoms with Crippen molar-refractivity contribution >= 4 is 28.2 Å². The van der Waals surface area contributed by atoms with Gasteiger partial charge in [0.1, 0.15) is 0 Å². The quantitative estimate of drug-likeness (QED) is 0.574. The van der Waals surface area contributed by atoms with Gasteiger partial charge in [0.05, 0.1) is 4.92 Å². The third kappa shape index (κ3) is 2.54. The number of nitrogens with zero attached hydrogens (tertiary/aromatic N) is 2. The molecule has 0 saturated carbocycles. The van der Waals surface area contributed by atoms with Gasteiger partial charge in [-0.05, 0) is 29.3 Å². The zero-order chi connectivity index (χ0) is 15.7. The number of aromatic nitrogens is 1. The van der Waals surface area contributed by atoms with Gasteiger partial charge in [-0.1, -0.05) is 24.3 Å². The molecule has 0 aliphatic rings. The molecule has 1 heterocycles. The van der Waals surface area contributed by atoms with E-state index in [1.165, 1.54) is 22.8 Å². The van der Waals surface area contributed by atoms with Gasteiger partial charge in [0.2, 0.25) is 0 Å². The summed E-state index contributed by atoms with van der Waals surface area (Å²) in [5.41, 5.74) is 1.19. The summed E-state index contributed by atoms with van der Waals surface area (Å²) < 4.78 is 1.46. The first-order valence-corrected chi connectivity index (χ1v) is 6.68. The number of rotatable bonds is 2. The van der Waals surface area contributed by atoms with E-state index in [1.807, 2.05) is 24.3 Å². The summed E-state index contributed by atoms with van der Waals surface area (Å²) in [6, 6.07) is 11.7. The summed E-state index contributed by atoms with van der Waals surface area (Å²) in [5.74, 6) is 0. The van der Waals surface area contributed by atoms with E-state index in [9.17, 15) is 14.9 Å². The highest BCUT2D eigenvalue weighted by molar-refractivity contribution is 5.95. The van der Waals surface area contributed by atoms with Crippen molar-refractivity contribution in [3.05, 3.63) is 70.5 Å². The molecule has 0 aliphatic carbocycles. The average Bonchev–Trinajstić information content (AvgIpc) is 2.93. The molecule has 1 amide bonds. The fourth-order valence-electron chi connectivity index (χ4n) is 2.28. The van der Waals surface area contributed by atoms with Crippen LogP contribution in [0.25, 0.3) is 10.8 Å². The van der Waals surface area contributed by atoms with Crippen molar-refractivity contribution in [2.24, 2.45) is 0 Å². The van der Waals surface area contributed by atoms with Gasteiger partial charge >= 0.3 is 6.03 Å². The van der Waals surface area contributed by atoms with Crippen molar-refractivity contribution in [2.45, 2.75) is 6.92 Å². The number of fused-ring (bicyclic) bond motifs is 1. The van der Waals surface area contributed by atoms with Crippen molar-refractivity contribution in [3.63, 3.8) is 0 Å². The van der Waals surface area contributed by atoms with Crippen molar-refractivity contribution < 1.29 is 9.72 Å². The lowest BCUT2D eigenvalue weighted by molar-refractivity contribution is -0.384. The second-order valence-corrected chi connectivity index (χ2v) is 4.98. The summed E-state index contributed by atoms with van der Waals surface area (Å²) in [4.78, 5) is 22.5. The molecular weight excluding hydrogens is 282 g/mol. The average molecular weight is 295 g/mol. The molecular formula is C16H13N3O3. The Morgan fingerprint density at radius 2 is 1.77 bits per heavy atom. The number of nitrogens with one attached hydrogen (secondary N) is 1. The zero-order valence-corrected chi connectivity index (χ0v) is 11.8. The Morgan fingerprint density at radius 1 is 1.14 bits per heavy atom. The molecule has 0 saturated heterocycles. The van der Waals surface area contributed by atoms with Gasteiger partial charge in [-0.2, -0.15) is 0 Å². The molecule has 0 atom stereocenters. The van der Waals surface area contributed by atoms with Gasteiger partial charge in [-0.15, -0.1) is 0 Å². The van der Waals surface area contributed by atoms with Crippen molar-refractivity contribution in [3.8, 4) is 0 Å². The van der Waals surface area contributed by atoms with Crippen molar-refractivity contribution in [1.29, 1.82) is 0 Å². The lowest BCUT2D eigenvalue weighted by Gasteiger charge is -2.08. The van der Waals surface area contributed by atoms with Crippen LogP contribution >= 0.6 is 0 Å². The number of aryl methyl sites for hydroxylation is 1. The van der Waals surface area contributed by atoms with Crippen LogP contribution in [0, 0.1) is 17.0 Å². The second kappa shape index (κ2) is 5.33. The molecule has 22 heavy (non-hydrogen) atoms. The summed E-state index contributed by atoms with van der Waals surface area (Å²) >= 11 is 0. The Bertz CT molecular complexity index is 850. The minimum absolute atomic E-state index is 0.00204. The third-order valence-electron chi connectivity index (χ3n) is 3.45. The van der Waals surface area contributed by atoms with E-state index in [4.69, 9.17) is 0 Å². The van der Waals surface area contributed by atoms with E-state index in [1.54, 1.807) is 19.3 Å². The van der Waals surface area contributed by atoms with E-state index < -0.39 is 4.92 Å². The molecule has 110 valence electrons. The standard InChI is InChI=1S/C16H13N3O3/c1-11-8-14(19(21)22)6-7-15(11)17-16(20)18-9-12-4-2-3-5-13(12)10-18/h2-10H,1H3,(H,17,20). The van der Waals surface area contributed by atoms with Gasteiger partial charge in [-0.25, -0.2) is 4.79 Å². The number of carbonyl (C=O) groups excluding carboxylic acids is 1. The van der Waals surface area contributed by atoms with Crippen LogP contribution in [-0.4, -0.2) is 15.5 Å². The summed E-state index contributed by atoms with van der Waals surface area (Å²) in [7, 11) is 0. The van der Waals surface area contributed by atoms with Crippen LogP contribution in [0.4, 0.5) is 16.2 Å². The fraction of sp³-hybridized carbons (Fsp3) is 0.0625. The Hall–Kier alpha value is -3.15. The maximum atomic E-state index is 12.3. The van der Waals surface area contributed by atoms with Crippen LogP contribution in [-0.2, 0) is 0 Å². The van der Waals surface area contributed by atoms with Crippen molar-refractivity contribution in [2.75, 3.05) is 5.32 Å². The van der Waals surface area contributed by atoms with Crippen LogP contribution < -0.4 is 5.32 Å². The van der Waals surface area contributed by atoms with Gasteiger partial charge in [0, 0.05) is 30.2 Å². The highest BCUT2D eigenvalue weighted by Gasteiger charge is 2.11. The van der Waals surface area contributed by atoms with Crippen LogP contribution in [0.5, 0.6) is 0 Å². The molecule has 6 nitrogen and oxygen atoms in total. The maximum Gasteiger partial charge on any atom is 0.329 e. The minimum atomic E-state index is -0.461. The number of hydrogen-bond donors (Lipinski definition) is 1. The summed E-state index contributed by atoms with van der Waals surface area (Å²) in [6.07, 6.45) is 3.48. The van der Waals surface area contributed by atoms with Crippen LogP contribution in [0.3, 0.4) is 0 Å². The SMILES string of the molecule is Cc1cc([N+](=O)[O-])ccc1NC(=O)n1cc2ccccc2c1. The van der Waals surface area contributed by atoms with Crippen molar-refractivity contribution in [1.82, 2.24) is 4.57 Å². The van der Waals surface area contributed by atoms with E-state index in [-0.39, 0.29) is 11.7 Å². The predicted octanol–water partition coefficient (Wildman–Crippen LogP) is 3.94. The van der Waals surface area contributed by atoms with E-state index in [0.29, 0.717) is 11.3 Å². The predicted molar refractivity (Wildman–Crippen MR) is 84.2 cm³/mol. The zero-order valence-electron chi connectivity index (χ0n) is 11.8. The molecule has 0 aliphatic heterocycles. The number of nitro benzene ring substituents is 1. The molecule has 0 spiro atoms. The molecule has 1 aromatic heterocycles. The van der Waals surface area contributed by atoms with Crippen LogP contribution in [0.15, 0.2) is 54.9 Å². The highest BCUT2D eigenvalue weighted by Crippen LogP contribution is 2.22. The number of hydrogen-bond acceptors (Lipinski definition) is 3. The molecule has 3 aromatic rings. The van der Waals surface area contributed by atoms with E-state index in [0.717, 1.165) is 10.8 Å². The summed E-state index contributed by atoms with van der Waals surface area (Å²) in [6.45, 7) is 1.72. The largest absolute Gasteiger partial charge is 0.329 e. The molecule has 1 N–H and O–H groups in total. The number of carbonyl (C=O) groups is 1. The third-order valence-corrected chi connectivity index (χ3v) is 3.45. The van der Waals surface area contributed by atoms with Gasteiger partial charge in [0.25, 0.3) is 5.69 Å². The lowest BCUT2D eigenvalue weighted by Crippen LogP contribution is -2.18. The number of nitro groups is 1. The lowest BCUT2D eigenvalue weighted by atomic mass is 10.2. The van der Waals surface area contributed by atoms with Crippen LogP contribution in [0.1, 0.15) is 5.56 Å². The fourth-order valence-corrected chi connectivity index (χ4v) is 2.28. The van der Waals surface area contributed by atoms with E-state index >= 15 is 0 Å². The van der Waals surface area contributed by atoms with Gasteiger partial charge < -0.3 is 5.32 Å². The summed E-state index contributed by atoms with van der Waals surface area (Å²) in [5, 5.41) is 15.4. The van der Waals surface area contributed by atoms with E-state index in [2.05, 4.69) is 5.32 Å². The Labute approximate surface area is 126 Å². The number of non-ortho nitro benzene ring substituents is 1. The molecule has 2 aromatic carbocycles. The van der Waals surface area contributed by atoms with Gasteiger partial charge in [0.15, 0.2) is 0 Å². The van der Waals surface area contributed by atoms with Crippen LogP contribution in [0.2, 0.25) is 0 Å². The molecule has 6 heteroatoms. The Kier molecular flexibility index (Phi) is 3.34. The maximum absolute atomic E-state index is 12.3. The molecule has 3 rings (SSSR count). The number of amides is 1. The first-order valence-electron chi connectivity index (χ1n) is 6.68. The molecule has 0 radical (unpaired) electrons. The first kappa shape index (κ1) is 13.8. The minimum Gasteiger partial charge on any atom is -0.307 e. The Balaban J connectivity index is 1.86. The molecule has 0 unspecified atom stereocenters. The smallest absolute Gasteiger partial charge is 0.307 e. The monoisotopic (exact) mass is 295 g/mol. The molecule has 0 bridgehead atoms. The second-order valence-electron chi connectivity index (χ2n) is 4.98. The Morgan fingerprint density at radius 3 is 2.32 bits per heavy atom. The van der Waals surface area contributed by atoms with Gasteiger partial charge in [-0.3, -0.25) is 14.7 Å². The molecule has 0 fully saturated rings. The topological polar surface area (TPSA) is 77.2 Å².